The zero-order valence-corrected chi connectivity index (χ0v) is 20.1. The van der Waals surface area contributed by atoms with Gasteiger partial charge in [-0.05, 0) is 89.7 Å². The minimum atomic E-state index is -0.291. The molecule has 0 bridgehead atoms. The van der Waals surface area contributed by atoms with E-state index in [-0.39, 0.29) is 29.0 Å². The zero-order chi connectivity index (χ0) is 22.5. The van der Waals surface area contributed by atoms with Gasteiger partial charge in [0.15, 0.2) is 0 Å². The predicted molar refractivity (Wildman–Crippen MR) is 123 cm³/mol. The number of ether oxygens (including phenoxy) is 3. The second-order valence-electron chi connectivity index (χ2n) is 11.1. The molecule has 6 nitrogen and oxygen atoms in total. The molecule has 2 atom stereocenters. The van der Waals surface area contributed by atoms with Crippen molar-refractivity contribution in [3.8, 4) is 11.5 Å². The van der Waals surface area contributed by atoms with E-state index in [2.05, 4.69) is 36.8 Å². The molecule has 6 heteroatoms. The van der Waals surface area contributed by atoms with Gasteiger partial charge >= 0.3 is 0 Å². The van der Waals surface area contributed by atoms with Crippen LogP contribution in [-0.4, -0.2) is 68.3 Å². The Morgan fingerprint density at radius 3 is 2.53 bits per heavy atom. The van der Waals surface area contributed by atoms with Gasteiger partial charge in [-0.1, -0.05) is 0 Å². The highest BCUT2D eigenvalue weighted by Crippen LogP contribution is 2.56. The molecule has 32 heavy (non-hydrogen) atoms. The number of carbonyl (C=O) groups excluding carboxylic acids is 1. The topological polar surface area (TPSA) is 51.2 Å². The summed E-state index contributed by atoms with van der Waals surface area (Å²) < 4.78 is 18.5. The molecule has 4 aliphatic heterocycles. The molecule has 1 amide bonds. The third kappa shape index (κ3) is 3.90. The smallest absolute Gasteiger partial charge is 0.225 e. The number of methoxy groups -OCH3 is 1. The van der Waals surface area contributed by atoms with Crippen LogP contribution < -0.4 is 9.47 Å². The van der Waals surface area contributed by atoms with Crippen LogP contribution >= 0.6 is 0 Å². The Bertz CT molecular complexity index is 853. The Morgan fingerprint density at radius 1 is 1.12 bits per heavy atom. The van der Waals surface area contributed by atoms with E-state index in [9.17, 15) is 4.79 Å². The Balaban J connectivity index is 1.27. The number of amides is 1. The molecular weight excluding hydrogens is 404 g/mol. The van der Waals surface area contributed by atoms with Crippen molar-refractivity contribution in [1.82, 2.24) is 9.80 Å². The fraction of sp³-hybridized carbons (Fsp3) is 0.731. The molecule has 1 spiro atoms. The van der Waals surface area contributed by atoms with E-state index >= 15 is 0 Å². The number of nitrogens with zero attached hydrogens (tertiary/aromatic N) is 2. The first-order valence-electron chi connectivity index (χ1n) is 12.3. The number of fused-ring (bicyclic) bond motifs is 3. The fourth-order valence-corrected chi connectivity index (χ4v) is 6.32. The van der Waals surface area contributed by atoms with Crippen LogP contribution in [0.1, 0.15) is 57.6 Å². The number of benzene rings is 1. The van der Waals surface area contributed by atoms with Gasteiger partial charge in [0.05, 0.1) is 19.8 Å². The molecule has 0 unspecified atom stereocenters. The maximum atomic E-state index is 13.1. The minimum absolute atomic E-state index is 0.0355. The van der Waals surface area contributed by atoms with E-state index in [1.165, 1.54) is 0 Å². The number of hydrogen-bond donors (Lipinski definition) is 0. The highest BCUT2D eigenvalue weighted by atomic mass is 16.5. The van der Waals surface area contributed by atoms with Gasteiger partial charge in [-0.25, -0.2) is 0 Å². The van der Waals surface area contributed by atoms with Crippen LogP contribution in [0, 0.1) is 17.3 Å². The van der Waals surface area contributed by atoms with Crippen molar-refractivity contribution in [3.05, 3.63) is 23.8 Å². The third-order valence-electron chi connectivity index (χ3n) is 8.58. The molecule has 4 heterocycles. The van der Waals surface area contributed by atoms with Crippen LogP contribution in [0.15, 0.2) is 18.2 Å². The summed E-state index contributed by atoms with van der Waals surface area (Å²) in [7, 11) is 3.84. The van der Waals surface area contributed by atoms with Crippen LogP contribution in [0.4, 0.5) is 0 Å². The zero-order valence-electron chi connectivity index (χ0n) is 20.1. The van der Waals surface area contributed by atoms with E-state index < -0.39 is 0 Å². The van der Waals surface area contributed by atoms with E-state index in [4.69, 9.17) is 14.2 Å². The van der Waals surface area contributed by atoms with Gasteiger partial charge in [0.1, 0.15) is 17.1 Å². The van der Waals surface area contributed by atoms with Crippen LogP contribution in [0.2, 0.25) is 0 Å². The molecule has 0 radical (unpaired) electrons. The molecular formula is C26H38N2O4. The normalized spacial score (nSPS) is 29.7. The first-order valence-corrected chi connectivity index (χ1v) is 12.3. The first-order chi connectivity index (χ1) is 15.3. The average Bonchev–Trinajstić information content (AvgIpc) is 2.79. The molecule has 0 saturated carbocycles. The summed E-state index contributed by atoms with van der Waals surface area (Å²) >= 11 is 0. The summed E-state index contributed by atoms with van der Waals surface area (Å²) in [6.07, 6.45) is 5.16. The summed E-state index contributed by atoms with van der Waals surface area (Å²) in [6.45, 7) is 8.93. The Hall–Kier alpha value is -1.79. The third-order valence-corrected chi connectivity index (χ3v) is 8.58. The van der Waals surface area contributed by atoms with Gasteiger partial charge in [-0.2, -0.15) is 0 Å². The monoisotopic (exact) mass is 442 g/mol. The van der Waals surface area contributed by atoms with E-state index in [1.54, 1.807) is 7.11 Å². The van der Waals surface area contributed by atoms with E-state index in [1.807, 2.05) is 12.1 Å². The summed E-state index contributed by atoms with van der Waals surface area (Å²) in [5.41, 5.74) is 0.959. The second-order valence-corrected chi connectivity index (χ2v) is 11.1. The second kappa shape index (κ2) is 8.21. The number of hydrogen-bond acceptors (Lipinski definition) is 5. The Kier molecular flexibility index (Phi) is 5.65. The highest BCUT2D eigenvalue weighted by Gasteiger charge is 2.53. The maximum absolute atomic E-state index is 13.1. The largest absolute Gasteiger partial charge is 0.497 e. The van der Waals surface area contributed by atoms with Crippen molar-refractivity contribution >= 4 is 5.91 Å². The van der Waals surface area contributed by atoms with Gasteiger partial charge in [0, 0.05) is 30.5 Å². The van der Waals surface area contributed by atoms with Crippen molar-refractivity contribution in [1.29, 1.82) is 0 Å². The van der Waals surface area contributed by atoms with Crippen molar-refractivity contribution in [2.45, 2.75) is 57.7 Å². The van der Waals surface area contributed by atoms with Crippen LogP contribution in [0.3, 0.4) is 0 Å². The lowest BCUT2D eigenvalue weighted by atomic mass is 9.64. The maximum Gasteiger partial charge on any atom is 0.225 e. The van der Waals surface area contributed by atoms with Crippen LogP contribution in [0.5, 0.6) is 11.5 Å². The van der Waals surface area contributed by atoms with Gasteiger partial charge in [-0.3, -0.25) is 4.79 Å². The van der Waals surface area contributed by atoms with Crippen molar-refractivity contribution in [2.75, 3.05) is 46.9 Å². The van der Waals surface area contributed by atoms with E-state index in [0.29, 0.717) is 5.91 Å². The quantitative estimate of drug-likeness (QED) is 0.695. The SMILES string of the molecule is COc1ccc2c(c1)[C@H]1OCC3(CCN(C(=O)C4CCN(C)CC4)CC3)C[C@@H]1C(C)(C)O2. The molecule has 176 valence electrons. The number of likely N-dealkylation sites (tertiary alicyclic amines) is 2. The first kappa shape index (κ1) is 22.0. The van der Waals surface area contributed by atoms with Crippen molar-refractivity contribution in [3.63, 3.8) is 0 Å². The molecule has 3 fully saturated rings. The van der Waals surface area contributed by atoms with Crippen molar-refractivity contribution < 1.29 is 19.0 Å². The minimum Gasteiger partial charge on any atom is -0.497 e. The Labute approximate surface area is 192 Å². The molecule has 0 aliphatic carbocycles. The Morgan fingerprint density at radius 2 is 1.84 bits per heavy atom. The van der Waals surface area contributed by atoms with Gasteiger partial charge in [-0.15, -0.1) is 0 Å². The lowest BCUT2D eigenvalue weighted by Crippen LogP contribution is -2.55. The number of piperidine rings is 2. The fourth-order valence-electron chi connectivity index (χ4n) is 6.32. The lowest BCUT2D eigenvalue weighted by Gasteiger charge is -2.54. The summed E-state index contributed by atoms with van der Waals surface area (Å²) in [6, 6.07) is 6.03. The van der Waals surface area contributed by atoms with E-state index in [0.717, 1.165) is 82.0 Å². The molecule has 0 aromatic heterocycles. The standard InChI is InChI=1S/C26H38N2O4/c1-25(2)21-16-26(17-31-23(21)20-15-19(30-4)5-6-22(20)32-25)9-13-28(14-10-26)24(29)18-7-11-27(3)12-8-18/h5-6,15,18,21,23H,7-14,16-17H2,1-4H3/t21-,23+/m0/s1. The molecule has 1 aromatic rings. The number of carbonyl (C=O) groups is 1. The highest BCUT2D eigenvalue weighted by molar-refractivity contribution is 5.79. The van der Waals surface area contributed by atoms with Crippen LogP contribution in [-0.2, 0) is 9.53 Å². The molecule has 4 aliphatic rings. The lowest BCUT2D eigenvalue weighted by molar-refractivity contribution is -0.177. The van der Waals surface area contributed by atoms with Gasteiger partial charge < -0.3 is 24.0 Å². The number of rotatable bonds is 2. The summed E-state index contributed by atoms with van der Waals surface area (Å²) in [4.78, 5) is 17.6. The predicted octanol–water partition coefficient (Wildman–Crippen LogP) is 3.89. The molecule has 0 N–H and O–H groups in total. The molecule has 3 saturated heterocycles. The molecule has 5 rings (SSSR count). The average molecular weight is 443 g/mol. The van der Waals surface area contributed by atoms with Gasteiger partial charge in [0.25, 0.3) is 0 Å². The van der Waals surface area contributed by atoms with Crippen LogP contribution in [0.25, 0.3) is 0 Å². The summed E-state index contributed by atoms with van der Waals surface area (Å²) in [5.74, 6) is 2.63. The van der Waals surface area contributed by atoms with Gasteiger partial charge in [0.2, 0.25) is 5.91 Å². The molecule has 1 aromatic carbocycles. The summed E-state index contributed by atoms with van der Waals surface area (Å²) in [5, 5.41) is 0. The van der Waals surface area contributed by atoms with Crippen molar-refractivity contribution in [2.24, 2.45) is 17.3 Å².